The van der Waals surface area contributed by atoms with Gasteiger partial charge in [0, 0.05) is 4.92 Å². The fourth-order valence-electron chi connectivity index (χ4n) is 0.689. The molecular weight excluding hydrogens is 162 g/mol. The van der Waals surface area contributed by atoms with Crippen LogP contribution in [-0.4, -0.2) is 24.0 Å². The number of carbonyl (C=O) groups excluding carboxylic acids is 1. The molecule has 5 nitrogen and oxygen atoms in total. The molecular formula is C7H13NO4. The van der Waals surface area contributed by atoms with Crippen molar-refractivity contribution in [3.05, 3.63) is 10.1 Å². The van der Waals surface area contributed by atoms with Crippen LogP contribution in [-0.2, 0) is 9.53 Å². The molecule has 0 heterocycles. The monoisotopic (exact) mass is 175 g/mol. The number of unbranched alkanes of at least 4 members (excludes halogenated alkanes) is 2. The quantitative estimate of drug-likeness (QED) is 0.261. The number of ether oxygens (including phenoxy) is 1. The van der Waals surface area contributed by atoms with Gasteiger partial charge in [-0.1, -0.05) is 19.8 Å². The molecule has 0 radical (unpaired) electrons. The summed E-state index contributed by atoms with van der Waals surface area (Å²) in [7, 11) is 0. The molecule has 0 bridgehead atoms. The Kier molecular flexibility index (Phi) is 5.95. The smallest absolute Gasteiger partial charge is 0.378 e. The maximum absolute atomic E-state index is 10.6. The highest BCUT2D eigenvalue weighted by Gasteiger charge is 2.09. The lowest BCUT2D eigenvalue weighted by atomic mass is 10.3. The second-order valence-electron chi connectivity index (χ2n) is 2.42. The van der Waals surface area contributed by atoms with Gasteiger partial charge in [-0.15, -0.1) is 0 Å². The Bertz CT molecular complexity index is 157. The minimum absolute atomic E-state index is 0.292. The van der Waals surface area contributed by atoms with Gasteiger partial charge < -0.3 is 4.74 Å². The van der Waals surface area contributed by atoms with Gasteiger partial charge in [-0.2, -0.15) is 0 Å². The van der Waals surface area contributed by atoms with Gasteiger partial charge in [-0.05, 0) is 6.42 Å². The first-order chi connectivity index (χ1) is 5.66. The third-order valence-electron chi connectivity index (χ3n) is 1.27. The molecule has 0 N–H and O–H groups in total. The largest absolute Gasteiger partial charge is 0.461 e. The molecule has 0 aromatic rings. The Morgan fingerprint density at radius 2 is 2.17 bits per heavy atom. The molecule has 5 heteroatoms. The first-order valence-corrected chi connectivity index (χ1v) is 3.94. The van der Waals surface area contributed by atoms with Crippen molar-refractivity contribution in [2.75, 3.05) is 13.2 Å². The van der Waals surface area contributed by atoms with Crippen molar-refractivity contribution in [3.8, 4) is 0 Å². The summed E-state index contributed by atoms with van der Waals surface area (Å²) >= 11 is 0. The lowest BCUT2D eigenvalue weighted by Crippen LogP contribution is -2.17. The summed E-state index contributed by atoms with van der Waals surface area (Å²) in [4.78, 5) is 19.7. The maximum Gasteiger partial charge on any atom is 0.378 e. The topological polar surface area (TPSA) is 69.4 Å². The highest BCUT2D eigenvalue weighted by atomic mass is 16.6. The van der Waals surface area contributed by atoms with E-state index in [0.717, 1.165) is 19.3 Å². The van der Waals surface area contributed by atoms with E-state index < -0.39 is 17.4 Å². The predicted molar refractivity (Wildman–Crippen MR) is 42.3 cm³/mol. The molecule has 0 amide bonds. The SMILES string of the molecule is CCCCCOC(=O)C[N+](=O)[O-]. The standard InChI is InChI=1S/C7H13NO4/c1-2-3-4-5-12-7(9)6-8(10)11/h2-6H2,1H3. The minimum Gasteiger partial charge on any atom is -0.461 e. The fraction of sp³-hybridized carbons (Fsp3) is 0.857. The van der Waals surface area contributed by atoms with E-state index in [9.17, 15) is 14.9 Å². The third-order valence-corrected chi connectivity index (χ3v) is 1.27. The van der Waals surface area contributed by atoms with E-state index >= 15 is 0 Å². The normalized spacial score (nSPS) is 9.42. The van der Waals surface area contributed by atoms with Gasteiger partial charge in [0.25, 0.3) is 6.54 Å². The third kappa shape index (κ3) is 6.98. The highest BCUT2D eigenvalue weighted by molar-refractivity contribution is 5.70. The van der Waals surface area contributed by atoms with Crippen molar-refractivity contribution >= 4 is 5.97 Å². The molecule has 0 aliphatic rings. The second kappa shape index (κ2) is 6.57. The molecule has 0 atom stereocenters. The number of hydrogen-bond acceptors (Lipinski definition) is 4. The van der Waals surface area contributed by atoms with Gasteiger partial charge in [-0.3, -0.25) is 10.1 Å². The fourth-order valence-corrected chi connectivity index (χ4v) is 0.689. The number of hydrogen-bond donors (Lipinski definition) is 0. The number of rotatable bonds is 6. The first kappa shape index (κ1) is 10.9. The van der Waals surface area contributed by atoms with Gasteiger partial charge in [0.1, 0.15) is 0 Å². The predicted octanol–water partition coefficient (Wildman–Crippen LogP) is 0.996. The van der Waals surface area contributed by atoms with Gasteiger partial charge in [-0.25, -0.2) is 4.79 Å². The lowest BCUT2D eigenvalue weighted by Gasteiger charge is -1.99. The zero-order valence-electron chi connectivity index (χ0n) is 7.12. The van der Waals surface area contributed by atoms with Crippen LogP contribution in [0.15, 0.2) is 0 Å². The zero-order chi connectivity index (χ0) is 9.40. The number of esters is 1. The Morgan fingerprint density at radius 1 is 1.50 bits per heavy atom. The Hall–Kier alpha value is -1.13. The van der Waals surface area contributed by atoms with Crippen LogP contribution < -0.4 is 0 Å². The molecule has 0 rings (SSSR count). The van der Waals surface area contributed by atoms with Crippen LogP contribution in [0.1, 0.15) is 26.2 Å². The Balaban J connectivity index is 3.26. The van der Waals surface area contributed by atoms with Crippen molar-refractivity contribution < 1.29 is 14.5 Å². The number of nitro groups is 1. The zero-order valence-corrected chi connectivity index (χ0v) is 7.12. The van der Waals surface area contributed by atoms with E-state index in [-0.39, 0.29) is 0 Å². The summed E-state index contributed by atoms with van der Waals surface area (Å²) in [6, 6.07) is 0. The van der Waals surface area contributed by atoms with Crippen molar-refractivity contribution in [1.82, 2.24) is 0 Å². The van der Waals surface area contributed by atoms with Crippen LogP contribution in [0, 0.1) is 10.1 Å². The van der Waals surface area contributed by atoms with E-state index in [1.165, 1.54) is 0 Å². The van der Waals surface area contributed by atoms with Gasteiger partial charge in [0.2, 0.25) is 0 Å². The first-order valence-electron chi connectivity index (χ1n) is 3.94. The van der Waals surface area contributed by atoms with Crippen LogP contribution in [0.5, 0.6) is 0 Å². The minimum atomic E-state index is -0.754. The molecule has 0 saturated heterocycles. The molecule has 0 spiro atoms. The average Bonchev–Trinajstić information content (AvgIpc) is 1.97. The van der Waals surface area contributed by atoms with Gasteiger partial charge >= 0.3 is 5.97 Å². The van der Waals surface area contributed by atoms with Crippen molar-refractivity contribution in [3.63, 3.8) is 0 Å². The van der Waals surface area contributed by atoms with Crippen molar-refractivity contribution in [2.45, 2.75) is 26.2 Å². The van der Waals surface area contributed by atoms with E-state index in [1.54, 1.807) is 0 Å². The van der Waals surface area contributed by atoms with Crippen LogP contribution in [0.3, 0.4) is 0 Å². The Morgan fingerprint density at radius 3 is 2.67 bits per heavy atom. The van der Waals surface area contributed by atoms with Crippen LogP contribution in [0.4, 0.5) is 0 Å². The molecule has 0 aliphatic carbocycles. The van der Waals surface area contributed by atoms with Crippen molar-refractivity contribution in [2.24, 2.45) is 0 Å². The number of nitrogens with zero attached hydrogens (tertiary/aromatic N) is 1. The summed E-state index contributed by atoms with van der Waals surface area (Å²) in [6.45, 7) is 1.59. The van der Waals surface area contributed by atoms with Crippen molar-refractivity contribution in [1.29, 1.82) is 0 Å². The summed E-state index contributed by atoms with van der Waals surface area (Å²) in [6.07, 6.45) is 2.79. The van der Waals surface area contributed by atoms with Crippen LogP contribution >= 0.6 is 0 Å². The molecule has 70 valence electrons. The van der Waals surface area contributed by atoms with E-state index in [4.69, 9.17) is 0 Å². The molecule has 0 unspecified atom stereocenters. The molecule has 0 saturated carbocycles. The molecule has 12 heavy (non-hydrogen) atoms. The number of carbonyl (C=O) groups is 1. The maximum atomic E-state index is 10.6. The van der Waals surface area contributed by atoms with Crippen LogP contribution in [0.2, 0.25) is 0 Å². The summed E-state index contributed by atoms with van der Waals surface area (Å²) in [5.41, 5.74) is 0. The highest BCUT2D eigenvalue weighted by Crippen LogP contribution is 1.94. The molecule has 0 aliphatic heterocycles. The summed E-state index contributed by atoms with van der Waals surface area (Å²) in [5, 5.41) is 9.80. The van der Waals surface area contributed by atoms with E-state index in [1.807, 2.05) is 6.92 Å². The van der Waals surface area contributed by atoms with E-state index in [0.29, 0.717) is 6.61 Å². The molecule has 0 aromatic carbocycles. The average molecular weight is 175 g/mol. The van der Waals surface area contributed by atoms with Gasteiger partial charge in [0.05, 0.1) is 6.61 Å². The summed E-state index contributed by atoms with van der Waals surface area (Å²) < 4.78 is 4.57. The van der Waals surface area contributed by atoms with Crippen LogP contribution in [0.25, 0.3) is 0 Å². The van der Waals surface area contributed by atoms with Gasteiger partial charge in [0.15, 0.2) is 0 Å². The molecule has 0 fully saturated rings. The Labute approximate surface area is 70.9 Å². The molecule has 0 aromatic heterocycles. The second-order valence-corrected chi connectivity index (χ2v) is 2.42. The van der Waals surface area contributed by atoms with E-state index in [2.05, 4.69) is 4.74 Å². The lowest BCUT2D eigenvalue weighted by molar-refractivity contribution is -0.470. The summed E-state index contributed by atoms with van der Waals surface area (Å²) in [5.74, 6) is -0.754.